The number of carbonyl (C=O) groups is 1. The number of methoxy groups -OCH3 is 1. The standard InChI is InChI=1S/C12H15N3O3/c1-17-12(16)11(5-9-6-13-8-15-9)14-7-10-3-2-4-18-10/h2-4,6,8,11,14H,5,7H2,1H3,(H,13,15)/t11-/m1/s1. The van der Waals surface area contributed by atoms with E-state index in [9.17, 15) is 4.79 Å². The molecule has 6 heteroatoms. The maximum Gasteiger partial charge on any atom is 0.323 e. The fourth-order valence-corrected chi connectivity index (χ4v) is 1.63. The number of nitrogens with one attached hydrogen (secondary N) is 2. The number of hydrogen-bond acceptors (Lipinski definition) is 5. The Balaban J connectivity index is 1.94. The fourth-order valence-electron chi connectivity index (χ4n) is 1.63. The molecule has 6 nitrogen and oxygen atoms in total. The normalized spacial score (nSPS) is 12.3. The van der Waals surface area contributed by atoms with Crippen molar-refractivity contribution in [1.82, 2.24) is 15.3 Å². The molecule has 0 radical (unpaired) electrons. The van der Waals surface area contributed by atoms with E-state index in [1.165, 1.54) is 7.11 Å². The Morgan fingerprint density at radius 2 is 2.56 bits per heavy atom. The average molecular weight is 249 g/mol. The number of carbonyl (C=O) groups excluding carboxylic acids is 1. The molecule has 0 aromatic carbocycles. The largest absolute Gasteiger partial charge is 0.468 e. The van der Waals surface area contributed by atoms with Gasteiger partial charge in [0.25, 0.3) is 0 Å². The van der Waals surface area contributed by atoms with Gasteiger partial charge in [0.2, 0.25) is 0 Å². The van der Waals surface area contributed by atoms with Crippen LogP contribution in [0.4, 0.5) is 0 Å². The van der Waals surface area contributed by atoms with E-state index in [4.69, 9.17) is 9.15 Å². The molecule has 0 aliphatic heterocycles. The van der Waals surface area contributed by atoms with Crippen molar-refractivity contribution in [2.45, 2.75) is 19.0 Å². The summed E-state index contributed by atoms with van der Waals surface area (Å²) < 4.78 is 9.96. The van der Waals surface area contributed by atoms with Crippen LogP contribution in [-0.4, -0.2) is 29.1 Å². The second kappa shape index (κ2) is 6.02. The molecule has 2 N–H and O–H groups in total. The van der Waals surface area contributed by atoms with Gasteiger partial charge in [-0.1, -0.05) is 0 Å². The van der Waals surface area contributed by atoms with Crippen LogP contribution >= 0.6 is 0 Å². The SMILES string of the molecule is COC(=O)[C@@H](Cc1cnc[nH]1)NCc1ccco1. The lowest BCUT2D eigenvalue weighted by atomic mass is 10.1. The van der Waals surface area contributed by atoms with Gasteiger partial charge in [0, 0.05) is 18.3 Å². The van der Waals surface area contributed by atoms with Gasteiger partial charge in [-0.25, -0.2) is 4.98 Å². The Morgan fingerprint density at radius 1 is 1.67 bits per heavy atom. The highest BCUT2D eigenvalue weighted by molar-refractivity contribution is 5.75. The third-order valence-electron chi connectivity index (χ3n) is 2.57. The van der Waals surface area contributed by atoms with Crippen molar-refractivity contribution in [2.24, 2.45) is 0 Å². The van der Waals surface area contributed by atoms with Gasteiger partial charge >= 0.3 is 5.97 Å². The average Bonchev–Trinajstić information content (AvgIpc) is 3.06. The van der Waals surface area contributed by atoms with Gasteiger partial charge in [0.05, 0.1) is 26.2 Å². The zero-order valence-electron chi connectivity index (χ0n) is 10.1. The molecule has 2 heterocycles. The van der Waals surface area contributed by atoms with Gasteiger partial charge in [-0.15, -0.1) is 0 Å². The first kappa shape index (κ1) is 12.4. The summed E-state index contributed by atoms with van der Waals surface area (Å²) in [7, 11) is 1.37. The van der Waals surface area contributed by atoms with Crippen LogP contribution in [-0.2, 0) is 22.5 Å². The molecule has 0 bridgehead atoms. The second-order valence-corrected chi connectivity index (χ2v) is 3.82. The molecule has 2 rings (SSSR count). The summed E-state index contributed by atoms with van der Waals surface area (Å²) in [5.41, 5.74) is 0.873. The van der Waals surface area contributed by atoms with Crippen molar-refractivity contribution in [2.75, 3.05) is 7.11 Å². The summed E-state index contributed by atoms with van der Waals surface area (Å²) in [6.45, 7) is 0.473. The van der Waals surface area contributed by atoms with E-state index in [1.807, 2.05) is 6.07 Å². The minimum atomic E-state index is -0.430. The molecule has 0 saturated heterocycles. The van der Waals surface area contributed by atoms with Crippen LogP contribution in [0.2, 0.25) is 0 Å². The van der Waals surface area contributed by atoms with Crippen molar-refractivity contribution >= 4 is 5.97 Å². The summed E-state index contributed by atoms with van der Waals surface area (Å²) in [5, 5.41) is 3.10. The smallest absolute Gasteiger partial charge is 0.323 e. The monoisotopic (exact) mass is 249 g/mol. The Hall–Kier alpha value is -2.08. The second-order valence-electron chi connectivity index (χ2n) is 3.82. The number of ether oxygens (including phenoxy) is 1. The molecular formula is C12H15N3O3. The molecule has 96 valence electrons. The summed E-state index contributed by atoms with van der Waals surface area (Å²) in [6.07, 6.45) is 5.35. The van der Waals surface area contributed by atoms with Crippen molar-refractivity contribution in [3.05, 3.63) is 42.4 Å². The summed E-state index contributed by atoms with van der Waals surface area (Å²) >= 11 is 0. The van der Waals surface area contributed by atoms with E-state index in [0.29, 0.717) is 13.0 Å². The van der Waals surface area contributed by atoms with Crippen LogP contribution in [0.15, 0.2) is 35.3 Å². The van der Waals surface area contributed by atoms with E-state index in [2.05, 4.69) is 15.3 Å². The molecule has 2 aromatic rings. The third kappa shape index (κ3) is 3.21. The molecule has 18 heavy (non-hydrogen) atoms. The molecule has 0 aliphatic rings. The Labute approximate surface area is 104 Å². The highest BCUT2D eigenvalue weighted by atomic mass is 16.5. The number of aromatic amines is 1. The lowest BCUT2D eigenvalue weighted by molar-refractivity contribution is -0.143. The van der Waals surface area contributed by atoms with E-state index < -0.39 is 6.04 Å². The number of furan rings is 1. The van der Waals surface area contributed by atoms with Crippen LogP contribution in [0.3, 0.4) is 0 Å². The lowest BCUT2D eigenvalue weighted by Gasteiger charge is -2.14. The van der Waals surface area contributed by atoms with Crippen molar-refractivity contribution in [3.63, 3.8) is 0 Å². The van der Waals surface area contributed by atoms with E-state index in [-0.39, 0.29) is 5.97 Å². The van der Waals surface area contributed by atoms with Crippen molar-refractivity contribution in [3.8, 4) is 0 Å². The summed E-state index contributed by atoms with van der Waals surface area (Å²) in [6, 6.07) is 3.22. The van der Waals surface area contributed by atoms with Crippen LogP contribution < -0.4 is 5.32 Å². The van der Waals surface area contributed by atoms with Crippen molar-refractivity contribution in [1.29, 1.82) is 0 Å². The highest BCUT2D eigenvalue weighted by Gasteiger charge is 2.20. The molecule has 0 spiro atoms. The van der Waals surface area contributed by atoms with Gasteiger partial charge < -0.3 is 14.1 Å². The first-order valence-electron chi connectivity index (χ1n) is 5.60. The predicted molar refractivity (Wildman–Crippen MR) is 63.6 cm³/mol. The van der Waals surface area contributed by atoms with Gasteiger partial charge in [-0.3, -0.25) is 10.1 Å². The van der Waals surface area contributed by atoms with Crippen LogP contribution in [0.25, 0.3) is 0 Å². The number of rotatable bonds is 6. The van der Waals surface area contributed by atoms with Gasteiger partial charge in [0.15, 0.2) is 0 Å². The predicted octanol–water partition coefficient (Wildman–Crippen LogP) is 0.877. The number of imidazole rings is 1. The van der Waals surface area contributed by atoms with E-state index >= 15 is 0 Å². The minimum Gasteiger partial charge on any atom is -0.468 e. The summed E-state index contributed by atoms with van der Waals surface area (Å²) in [5.74, 6) is 0.463. The lowest BCUT2D eigenvalue weighted by Crippen LogP contribution is -2.39. The first-order valence-corrected chi connectivity index (χ1v) is 5.60. The number of aromatic nitrogens is 2. The Bertz CT molecular complexity index is 465. The molecule has 0 saturated carbocycles. The fraction of sp³-hybridized carbons (Fsp3) is 0.333. The highest BCUT2D eigenvalue weighted by Crippen LogP contribution is 2.04. The zero-order chi connectivity index (χ0) is 12.8. The Morgan fingerprint density at radius 3 is 3.17 bits per heavy atom. The Kier molecular flexibility index (Phi) is 4.14. The molecule has 0 unspecified atom stereocenters. The quantitative estimate of drug-likeness (QED) is 0.743. The van der Waals surface area contributed by atoms with Crippen LogP contribution in [0, 0.1) is 0 Å². The maximum atomic E-state index is 11.6. The molecule has 0 aliphatic carbocycles. The van der Waals surface area contributed by atoms with E-state index in [0.717, 1.165) is 11.5 Å². The van der Waals surface area contributed by atoms with Gasteiger partial charge in [0.1, 0.15) is 11.8 Å². The number of nitrogens with zero attached hydrogens (tertiary/aromatic N) is 1. The maximum absolute atomic E-state index is 11.6. The molecule has 1 atom stereocenters. The number of esters is 1. The van der Waals surface area contributed by atoms with Crippen LogP contribution in [0.1, 0.15) is 11.5 Å². The topological polar surface area (TPSA) is 80.1 Å². The zero-order valence-corrected chi connectivity index (χ0v) is 10.1. The third-order valence-corrected chi connectivity index (χ3v) is 2.57. The minimum absolute atomic E-state index is 0.309. The van der Waals surface area contributed by atoms with Gasteiger partial charge in [-0.05, 0) is 12.1 Å². The van der Waals surface area contributed by atoms with Crippen LogP contribution in [0.5, 0.6) is 0 Å². The van der Waals surface area contributed by atoms with Gasteiger partial charge in [-0.2, -0.15) is 0 Å². The van der Waals surface area contributed by atoms with Crippen molar-refractivity contribution < 1.29 is 13.9 Å². The molecule has 0 amide bonds. The first-order chi connectivity index (χ1) is 8.79. The summed E-state index contributed by atoms with van der Waals surface area (Å²) in [4.78, 5) is 18.5. The number of hydrogen-bond donors (Lipinski definition) is 2. The number of H-pyrrole nitrogens is 1. The van der Waals surface area contributed by atoms with E-state index in [1.54, 1.807) is 24.9 Å². The molecule has 2 aromatic heterocycles. The molecule has 0 fully saturated rings. The molecular weight excluding hydrogens is 234 g/mol.